The number of pyridine rings is 1. The molecule has 1 atom stereocenters. The number of hydrogen-bond donors (Lipinski definition) is 2. The minimum absolute atomic E-state index is 0.280. The van der Waals surface area contributed by atoms with Crippen molar-refractivity contribution in [2.24, 2.45) is 5.92 Å². The van der Waals surface area contributed by atoms with E-state index in [1.165, 1.54) is 11.3 Å². The summed E-state index contributed by atoms with van der Waals surface area (Å²) >= 11 is 1.58. The molecule has 0 spiro atoms. The van der Waals surface area contributed by atoms with Gasteiger partial charge in [-0.3, -0.25) is 10.3 Å². The Morgan fingerprint density at radius 3 is 3.15 bits per heavy atom. The number of anilines is 2. The van der Waals surface area contributed by atoms with Crippen LogP contribution in [0.4, 0.5) is 15.6 Å². The van der Waals surface area contributed by atoms with Crippen LogP contribution in [0.3, 0.4) is 0 Å². The predicted octanol–water partition coefficient (Wildman–Crippen LogP) is 3.31. The van der Waals surface area contributed by atoms with Crippen LogP contribution in [0.5, 0.6) is 0 Å². The molecule has 2 aromatic heterocycles. The molecule has 2 heterocycles. The second kappa shape index (κ2) is 5.58. The lowest BCUT2D eigenvalue weighted by molar-refractivity contribution is 0.262. The van der Waals surface area contributed by atoms with Gasteiger partial charge in [0.05, 0.1) is 17.6 Å². The van der Waals surface area contributed by atoms with Gasteiger partial charge >= 0.3 is 6.03 Å². The number of amides is 2. The lowest BCUT2D eigenvalue weighted by Crippen LogP contribution is -2.19. The second-order valence-corrected chi connectivity index (χ2v) is 6.14. The number of hydrogen-bond acceptors (Lipinski definition) is 4. The minimum Gasteiger partial charge on any atom is -0.306 e. The zero-order chi connectivity index (χ0) is 13.9. The predicted molar refractivity (Wildman–Crippen MR) is 80.2 cm³/mol. The average molecular weight is 288 g/mol. The van der Waals surface area contributed by atoms with Crippen LogP contribution in [0.15, 0.2) is 24.5 Å². The molecule has 20 heavy (non-hydrogen) atoms. The molecule has 3 rings (SSSR count). The number of nitrogens with one attached hydrogen (secondary N) is 2. The van der Waals surface area contributed by atoms with Gasteiger partial charge in [0.25, 0.3) is 0 Å². The van der Waals surface area contributed by atoms with Crippen molar-refractivity contribution in [2.75, 3.05) is 10.6 Å². The summed E-state index contributed by atoms with van der Waals surface area (Å²) in [5.41, 5.74) is 1.81. The van der Waals surface area contributed by atoms with Gasteiger partial charge in [-0.1, -0.05) is 6.92 Å². The van der Waals surface area contributed by atoms with Crippen molar-refractivity contribution in [3.63, 3.8) is 0 Å². The number of fused-ring (bicyclic) bond motifs is 1. The van der Waals surface area contributed by atoms with Gasteiger partial charge in [0.1, 0.15) is 0 Å². The molecular formula is C14H16N4OS. The number of nitrogens with zero attached hydrogens (tertiary/aromatic N) is 2. The first-order chi connectivity index (χ1) is 9.70. The maximum Gasteiger partial charge on any atom is 0.325 e. The average Bonchev–Trinajstić information content (AvgIpc) is 2.80. The Morgan fingerprint density at radius 1 is 1.45 bits per heavy atom. The topological polar surface area (TPSA) is 66.9 Å². The van der Waals surface area contributed by atoms with Gasteiger partial charge in [-0.25, -0.2) is 9.78 Å². The van der Waals surface area contributed by atoms with E-state index in [4.69, 9.17) is 0 Å². The van der Waals surface area contributed by atoms with E-state index in [0.29, 0.717) is 16.7 Å². The number of aryl methyl sites for hydroxylation is 1. The highest BCUT2D eigenvalue weighted by atomic mass is 32.1. The molecule has 1 aliphatic rings. The lowest BCUT2D eigenvalue weighted by Gasteiger charge is -2.15. The van der Waals surface area contributed by atoms with Gasteiger partial charge in [-0.2, -0.15) is 0 Å². The van der Waals surface area contributed by atoms with E-state index < -0.39 is 0 Å². The molecule has 0 fully saturated rings. The van der Waals surface area contributed by atoms with Gasteiger partial charge in [-0.05, 0) is 37.3 Å². The number of rotatable bonds is 2. The number of thiazole rings is 1. The summed E-state index contributed by atoms with van der Waals surface area (Å²) in [5, 5.41) is 6.20. The maximum atomic E-state index is 11.9. The maximum absolute atomic E-state index is 11.9. The van der Waals surface area contributed by atoms with Crippen LogP contribution in [-0.4, -0.2) is 16.0 Å². The zero-order valence-electron chi connectivity index (χ0n) is 11.2. The van der Waals surface area contributed by atoms with Gasteiger partial charge in [0, 0.05) is 11.1 Å². The molecule has 5 nitrogen and oxygen atoms in total. The first kappa shape index (κ1) is 13.1. The second-order valence-electron chi connectivity index (χ2n) is 5.06. The van der Waals surface area contributed by atoms with Crippen molar-refractivity contribution < 1.29 is 4.79 Å². The number of urea groups is 1. The Kier molecular flexibility index (Phi) is 3.64. The first-order valence-corrected chi connectivity index (χ1v) is 7.49. The third kappa shape index (κ3) is 2.96. The third-order valence-electron chi connectivity index (χ3n) is 3.33. The number of aromatic nitrogens is 2. The van der Waals surface area contributed by atoms with Gasteiger partial charge in [-0.15, -0.1) is 11.3 Å². The molecule has 1 aliphatic carbocycles. The largest absolute Gasteiger partial charge is 0.325 e. The smallest absolute Gasteiger partial charge is 0.306 e. The molecule has 2 aromatic rings. The minimum atomic E-state index is -0.280. The molecule has 2 amide bonds. The highest BCUT2D eigenvalue weighted by molar-refractivity contribution is 7.15. The van der Waals surface area contributed by atoms with Crippen molar-refractivity contribution in [1.29, 1.82) is 0 Å². The van der Waals surface area contributed by atoms with E-state index >= 15 is 0 Å². The van der Waals surface area contributed by atoms with Crippen molar-refractivity contribution in [2.45, 2.75) is 26.2 Å². The Hall–Kier alpha value is -1.95. The molecule has 0 aromatic carbocycles. The first-order valence-electron chi connectivity index (χ1n) is 6.67. The Balaban J connectivity index is 1.65. The molecule has 6 heteroatoms. The highest BCUT2D eigenvalue weighted by Crippen LogP contribution is 2.32. The number of carbonyl (C=O) groups excluding carboxylic acids is 1. The summed E-state index contributed by atoms with van der Waals surface area (Å²) in [6.45, 7) is 2.25. The molecule has 0 aliphatic heterocycles. The fraction of sp³-hybridized carbons (Fsp3) is 0.357. The SMILES string of the molecule is C[C@@H]1CCc2nc(NC(=O)Nc3cccnc3)sc2C1. The Bertz CT molecular complexity index is 611. The van der Waals surface area contributed by atoms with Crippen LogP contribution in [0.25, 0.3) is 0 Å². The molecular weight excluding hydrogens is 272 g/mol. The van der Waals surface area contributed by atoms with Crippen molar-refractivity contribution in [1.82, 2.24) is 9.97 Å². The number of carbonyl (C=O) groups is 1. The van der Waals surface area contributed by atoms with Crippen LogP contribution in [-0.2, 0) is 12.8 Å². The molecule has 0 bridgehead atoms. The van der Waals surface area contributed by atoms with Crippen LogP contribution in [0, 0.1) is 5.92 Å². The third-order valence-corrected chi connectivity index (χ3v) is 4.36. The lowest BCUT2D eigenvalue weighted by atomic mass is 9.93. The fourth-order valence-electron chi connectivity index (χ4n) is 2.29. The summed E-state index contributed by atoms with van der Waals surface area (Å²) in [5.74, 6) is 0.708. The van der Waals surface area contributed by atoms with E-state index in [2.05, 4.69) is 27.5 Å². The van der Waals surface area contributed by atoms with Crippen LogP contribution < -0.4 is 10.6 Å². The fourth-order valence-corrected chi connectivity index (χ4v) is 3.46. The zero-order valence-corrected chi connectivity index (χ0v) is 12.0. The van der Waals surface area contributed by atoms with Gasteiger partial charge in [0.2, 0.25) is 0 Å². The summed E-state index contributed by atoms with van der Waals surface area (Å²) in [4.78, 5) is 21.6. The molecule has 0 unspecified atom stereocenters. The quantitative estimate of drug-likeness (QED) is 0.891. The van der Waals surface area contributed by atoms with Crippen LogP contribution in [0.2, 0.25) is 0 Å². The molecule has 2 N–H and O–H groups in total. The van der Waals surface area contributed by atoms with E-state index in [9.17, 15) is 4.79 Å². The van der Waals surface area contributed by atoms with E-state index in [-0.39, 0.29) is 6.03 Å². The summed E-state index contributed by atoms with van der Waals surface area (Å²) < 4.78 is 0. The molecule has 0 radical (unpaired) electrons. The molecule has 104 valence electrons. The molecule has 0 saturated carbocycles. The van der Waals surface area contributed by atoms with Crippen LogP contribution in [0.1, 0.15) is 23.9 Å². The monoisotopic (exact) mass is 288 g/mol. The van der Waals surface area contributed by atoms with Crippen molar-refractivity contribution in [3.05, 3.63) is 35.1 Å². The van der Waals surface area contributed by atoms with E-state index in [1.807, 2.05) is 0 Å². The van der Waals surface area contributed by atoms with Gasteiger partial charge < -0.3 is 5.32 Å². The summed E-state index contributed by atoms with van der Waals surface area (Å²) in [6.07, 6.45) is 6.53. The van der Waals surface area contributed by atoms with Gasteiger partial charge in [0.15, 0.2) is 5.13 Å². The highest BCUT2D eigenvalue weighted by Gasteiger charge is 2.20. The van der Waals surface area contributed by atoms with E-state index in [1.54, 1.807) is 35.9 Å². The Morgan fingerprint density at radius 2 is 2.35 bits per heavy atom. The normalized spacial score (nSPS) is 17.4. The Labute approximate surface area is 121 Å². The molecule has 0 saturated heterocycles. The standard InChI is InChI=1S/C14H16N4OS/c1-9-4-5-11-12(7-9)20-14(17-11)18-13(19)16-10-3-2-6-15-8-10/h2-3,6,8-9H,4-5,7H2,1H3,(H2,16,17,18,19)/t9-/m1/s1. The van der Waals surface area contributed by atoms with Crippen molar-refractivity contribution >= 4 is 28.2 Å². The summed E-state index contributed by atoms with van der Waals surface area (Å²) in [7, 11) is 0. The van der Waals surface area contributed by atoms with E-state index in [0.717, 1.165) is 18.5 Å². The summed E-state index contributed by atoms with van der Waals surface area (Å²) in [6, 6.07) is 3.29. The van der Waals surface area contributed by atoms with Crippen LogP contribution >= 0.6 is 11.3 Å². The van der Waals surface area contributed by atoms with Crippen molar-refractivity contribution in [3.8, 4) is 0 Å².